The number of halogens is 1. The van der Waals surface area contributed by atoms with Crippen molar-refractivity contribution in [3.8, 4) is 5.75 Å². The molecular formula is C24H36FN5O4. The number of carbonyl (C=O) groups is 2. The second-order valence-corrected chi connectivity index (χ2v) is 8.89. The zero-order chi connectivity index (χ0) is 24.3. The molecule has 2 amide bonds. The third-order valence-corrected chi connectivity index (χ3v) is 6.30. The van der Waals surface area contributed by atoms with E-state index in [1.165, 1.54) is 19.6 Å². The standard InChI is InChI=1S/C24H36FN5O4/c1-33-21-14-18(7-8-19(21)25)15-27-23(32)20(13-17-5-3-2-4-6-17)28-24(26)29-22(31)16-30-9-11-34-12-10-30/h7-8,14,17,20H,2-6,9-13,15-16H2,1H3,(H,27,32)(H3,26,28,29,31). The van der Waals surface area contributed by atoms with E-state index in [1.807, 2.05) is 4.90 Å². The summed E-state index contributed by atoms with van der Waals surface area (Å²) in [4.78, 5) is 31.8. The molecule has 1 aliphatic carbocycles. The van der Waals surface area contributed by atoms with Gasteiger partial charge in [-0.05, 0) is 30.0 Å². The quantitative estimate of drug-likeness (QED) is 0.367. The van der Waals surface area contributed by atoms with Crippen molar-refractivity contribution in [1.82, 2.24) is 15.5 Å². The van der Waals surface area contributed by atoms with E-state index in [9.17, 15) is 14.0 Å². The van der Waals surface area contributed by atoms with E-state index in [2.05, 4.69) is 15.6 Å². The number of hydrogen-bond acceptors (Lipinski definition) is 6. The molecule has 3 rings (SSSR count). The van der Waals surface area contributed by atoms with Gasteiger partial charge < -0.3 is 20.5 Å². The summed E-state index contributed by atoms with van der Waals surface area (Å²) in [5, 5.41) is 5.48. The molecule has 2 aliphatic rings. The molecule has 1 unspecified atom stereocenters. The SMILES string of the molecule is COc1cc(CNC(=O)C(CC2CCCCC2)N=C(N)NC(=O)CN2CCOCC2)ccc1F. The lowest BCUT2D eigenvalue weighted by atomic mass is 9.84. The van der Waals surface area contributed by atoms with Gasteiger partial charge in [0.2, 0.25) is 11.8 Å². The molecule has 1 saturated carbocycles. The molecule has 1 heterocycles. The third-order valence-electron chi connectivity index (χ3n) is 6.30. The number of guanidine groups is 1. The van der Waals surface area contributed by atoms with Crippen molar-refractivity contribution in [1.29, 1.82) is 0 Å². The predicted octanol–water partition coefficient (Wildman–Crippen LogP) is 1.55. The van der Waals surface area contributed by atoms with Gasteiger partial charge in [0.05, 0.1) is 26.9 Å². The summed E-state index contributed by atoms with van der Waals surface area (Å²) < 4.78 is 24.0. The van der Waals surface area contributed by atoms with Gasteiger partial charge in [0.1, 0.15) is 6.04 Å². The molecule has 4 N–H and O–H groups in total. The van der Waals surface area contributed by atoms with E-state index in [1.54, 1.807) is 12.1 Å². The van der Waals surface area contributed by atoms with Crippen LogP contribution in [0, 0.1) is 11.7 Å². The Hall–Kier alpha value is -2.72. The van der Waals surface area contributed by atoms with Crippen LogP contribution in [0.25, 0.3) is 0 Å². The molecule has 10 heteroatoms. The van der Waals surface area contributed by atoms with Crippen LogP contribution in [0.5, 0.6) is 5.75 Å². The van der Waals surface area contributed by atoms with E-state index in [0.29, 0.717) is 44.2 Å². The Morgan fingerprint density at radius 2 is 2.00 bits per heavy atom. The average molecular weight is 478 g/mol. The van der Waals surface area contributed by atoms with Gasteiger partial charge in [0.15, 0.2) is 17.5 Å². The van der Waals surface area contributed by atoms with Crippen molar-refractivity contribution < 1.29 is 23.5 Å². The van der Waals surface area contributed by atoms with Crippen molar-refractivity contribution in [2.75, 3.05) is 40.0 Å². The fraction of sp³-hybridized carbons (Fsp3) is 0.625. The van der Waals surface area contributed by atoms with Crippen LogP contribution in [-0.2, 0) is 20.9 Å². The molecule has 2 fully saturated rings. The van der Waals surface area contributed by atoms with E-state index in [-0.39, 0.29) is 36.6 Å². The first-order valence-corrected chi connectivity index (χ1v) is 12.0. The van der Waals surface area contributed by atoms with Crippen LogP contribution >= 0.6 is 0 Å². The number of nitrogens with zero attached hydrogens (tertiary/aromatic N) is 2. The molecule has 0 bridgehead atoms. The highest BCUT2D eigenvalue weighted by atomic mass is 19.1. The van der Waals surface area contributed by atoms with Gasteiger partial charge in [-0.25, -0.2) is 9.38 Å². The summed E-state index contributed by atoms with van der Waals surface area (Å²) in [6.45, 7) is 2.97. The fourth-order valence-electron chi connectivity index (χ4n) is 4.42. The monoisotopic (exact) mass is 477 g/mol. The van der Waals surface area contributed by atoms with Crippen LogP contribution in [0.4, 0.5) is 4.39 Å². The van der Waals surface area contributed by atoms with Gasteiger partial charge in [0.25, 0.3) is 0 Å². The van der Waals surface area contributed by atoms with Gasteiger partial charge in [-0.3, -0.25) is 19.8 Å². The number of rotatable bonds is 9. The topological polar surface area (TPSA) is 118 Å². The molecule has 1 atom stereocenters. The first-order chi connectivity index (χ1) is 16.4. The van der Waals surface area contributed by atoms with Crippen molar-refractivity contribution in [3.63, 3.8) is 0 Å². The number of benzene rings is 1. The highest BCUT2D eigenvalue weighted by Crippen LogP contribution is 2.28. The highest BCUT2D eigenvalue weighted by Gasteiger charge is 2.25. The molecule has 34 heavy (non-hydrogen) atoms. The zero-order valence-corrected chi connectivity index (χ0v) is 19.9. The normalized spacial score (nSPS) is 18.8. The van der Waals surface area contributed by atoms with Crippen molar-refractivity contribution in [2.24, 2.45) is 16.6 Å². The molecule has 1 aromatic carbocycles. The molecule has 0 spiro atoms. The van der Waals surface area contributed by atoms with Crippen LogP contribution in [0.2, 0.25) is 0 Å². The molecule has 9 nitrogen and oxygen atoms in total. The number of nitrogens with two attached hydrogens (primary N) is 1. The van der Waals surface area contributed by atoms with Crippen LogP contribution in [0.3, 0.4) is 0 Å². The number of aliphatic imine (C=N–C) groups is 1. The molecule has 1 saturated heterocycles. The van der Waals surface area contributed by atoms with E-state index >= 15 is 0 Å². The number of carbonyl (C=O) groups excluding carboxylic acids is 2. The Balaban J connectivity index is 1.61. The smallest absolute Gasteiger partial charge is 0.245 e. The lowest BCUT2D eigenvalue weighted by molar-refractivity contribution is -0.123. The Labute approximate surface area is 200 Å². The van der Waals surface area contributed by atoms with Crippen molar-refractivity contribution in [3.05, 3.63) is 29.6 Å². The van der Waals surface area contributed by atoms with Crippen molar-refractivity contribution in [2.45, 2.75) is 51.1 Å². The Morgan fingerprint density at radius 3 is 2.71 bits per heavy atom. The molecule has 188 valence electrons. The molecule has 1 aromatic rings. The highest BCUT2D eigenvalue weighted by molar-refractivity contribution is 5.98. The Kier molecular flexibility index (Phi) is 10.1. The molecular weight excluding hydrogens is 441 g/mol. The number of methoxy groups -OCH3 is 1. The van der Waals surface area contributed by atoms with Crippen LogP contribution in [0.1, 0.15) is 44.1 Å². The summed E-state index contributed by atoms with van der Waals surface area (Å²) in [5.41, 5.74) is 6.73. The number of nitrogens with one attached hydrogen (secondary N) is 2. The first kappa shape index (κ1) is 25.9. The largest absolute Gasteiger partial charge is 0.494 e. The predicted molar refractivity (Wildman–Crippen MR) is 127 cm³/mol. The lowest BCUT2D eigenvalue weighted by Gasteiger charge is -2.26. The third kappa shape index (κ3) is 8.25. The first-order valence-electron chi connectivity index (χ1n) is 12.0. The van der Waals surface area contributed by atoms with Crippen LogP contribution in [-0.4, -0.2) is 68.7 Å². The summed E-state index contributed by atoms with van der Waals surface area (Å²) >= 11 is 0. The maximum atomic E-state index is 13.7. The number of morpholine rings is 1. The van der Waals surface area contributed by atoms with E-state index < -0.39 is 11.9 Å². The minimum atomic E-state index is -0.714. The zero-order valence-electron chi connectivity index (χ0n) is 19.9. The summed E-state index contributed by atoms with van der Waals surface area (Å²) in [6.07, 6.45) is 6.17. The van der Waals surface area contributed by atoms with Gasteiger partial charge >= 0.3 is 0 Å². The van der Waals surface area contributed by atoms with Gasteiger partial charge in [-0.15, -0.1) is 0 Å². The van der Waals surface area contributed by atoms with Gasteiger partial charge in [-0.2, -0.15) is 0 Å². The Morgan fingerprint density at radius 1 is 1.26 bits per heavy atom. The van der Waals surface area contributed by atoms with E-state index in [4.69, 9.17) is 15.2 Å². The van der Waals surface area contributed by atoms with Crippen molar-refractivity contribution >= 4 is 17.8 Å². The summed E-state index contributed by atoms with van der Waals surface area (Å²) in [7, 11) is 1.39. The molecule has 0 radical (unpaired) electrons. The molecule has 0 aromatic heterocycles. The van der Waals surface area contributed by atoms with Gasteiger partial charge in [-0.1, -0.05) is 38.2 Å². The second-order valence-electron chi connectivity index (χ2n) is 8.89. The van der Waals surface area contributed by atoms with Crippen LogP contribution in [0.15, 0.2) is 23.2 Å². The number of hydrogen-bond donors (Lipinski definition) is 3. The van der Waals surface area contributed by atoms with E-state index in [0.717, 1.165) is 25.7 Å². The minimum Gasteiger partial charge on any atom is -0.494 e. The maximum absolute atomic E-state index is 13.7. The lowest BCUT2D eigenvalue weighted by Crippen LogP contribution is -2.47. The molecule has 1 aliphatic heterocycles. The fourth-order valence-corrected chi connectivity index (χ4v) is 4.42. The average Bonchev–Trinajstić information content (AvgIpc) is 2.84. The maximum Gasteiger partial charge on any atom is 0.245 e. The van der Waals surface area contributed by atoms with Gasteiger partial charge in [0, 0.05) is 19.6 Å². The Bertz CT molecular complexity index is 854. The summed E-state index contributed by atoms with van der Waals surface area (Å²) in [5.74, 6) is -0.556. The number of ether oxygens (including phenoxy) is 2. The second kappa shape index (κ2) is 13.2. The van der Waals surface area contributed by atoms with Crippen LogP contribution < -0.4 is 21.1 Å². The summed E-state index contributed by atoms with van der Waals surface area (Å²) in [6, 6.07) is 3.74. The number of amides is 2. The minimum absolute atomic E-state index is 0.0577.